The Hall–Kier alpha value is -4.19. The molecule has 0 saturated carbocycles. The molecule has 0 radical (unpaired) electrons. The number of benzene rings is 5. The average Bonchev–Trinajstić information content (AvgIpc) is 2.97. The summed E-state index contributed by atoms with van der Waals surface area (Å²) in [5.41, 5.74) is 1.95. The summed E-state index contributed by atoms with van der Waals surface area (Å²) < 4.78 is 0. The first-order valence-corrected chi connectivity index (χ1v) is 13.9. The van der Waals surface area contributed by atoms with Crippen molar-refractivity contribution in [3.63, 3.8) is 0 Å². The molecule has 0 atom stereocenters. The Kier molecular flexibility index (Phi) is 7.22. The summed E-state index contributed by atoms with van der Waals surface area (Å²) in [6.07, 6.45) is 3.65. The van der Waals surface area contributed by atoms with E-state index < -0.39 is 6.89 Å². The van der Waals surface area contributed by atoms with Gasteiger partial charge in [0.2, 0.25) is 0 Å². The molecule has 0 aliphatic carbocycles. The highest BCUT2D eigenvalue weighted by atomic mass is 31.2. The Morgan fingerprint density at radius 1 is 0.472 bits per heavy atom. The number of allylic oxidation sites excluding steroid dienone is 1. The van der Waals surface area contributed by atoms with Gasteiger partial charge < -0.3 is 0 Å². The number of carbonyl (C=O) groups is 1. The van der Waals surface area contributed by atoms with Crippen LogP contribution in [0, 0.1) is 0 Å². The molecule has 0 heterocycles. The fourth-order valence-corrected chi connectivity index (χ4v) is 9.17. The third kappa shape index (κ3) is 4.67. The van der Waals surface area contributed by atoms with Gasteiger partial charge in [0, 0.05) is 5.29 Å². The molecule has 0 N–H and O–H groups in total. The summed E-state index contributed by atoms with van der Waals surface area (Å²) in [6.45, 7) is -2.55. The lowest BCUT2D eigenvalue weighted by molar-refractivity contribution is -0.108. The molecule has 36 heavy (non-hydrogen) atoms. The largest absolute Gasteiger partial charge is 0.289 e. The Labute approximate surface area is 213 Å². The van der Waals surface area contributed by atoms with Crippen LogP contribution < -0.4 is 15.9 Å². The molecule has 174 valence electrons. The van der Waals surface area contributed by atoms with Gasteiger partial charge >= 0.3 is 0 Å². The molecule has 0 saturated heterocycles. The molecule has 0 fully saturated rings. The van der Waals surface area contributed by atoms with Gasteiger partial charge in [-0.15, -0.1) is 0 Å². The van der Waals surface area contributed by atoms with Crippen LogP contribution in [0.5, 0.6) is 0 Å². The van der Waals surface area contributed by atoms with Crippen molar-refractivity contribution in [3.05, 3.63) is 169 Å². The fourth-order valence-electron chi connectivity index (χ4n) is 4.70. The molecule has 0 spiro atoms. The number of ketones is 1. The average molecular weight is 483 g/mol. The smallest absolute Gasteiger partial charge is 0.187 e. The summed E-state index contributed by atoms with van der Waals surface area (Å²) >= 11 is 0. The van der Waals surface area contributed by atoms with Crippen molar-refractivity contribution < 1.29 is 4.79 Å². The van der Waals surface area contributed by atoms with Gasteiger partial charge in [0.15, 0.2) is 5.78 Å². The SMILES string of the molecule is O=C(/C=C/c1ccccc1)C(c1ccccc1)=P(c1ccccc1)(c1ccccc1)c1ccccc1. The predicted molar refractivity (Wildman–Crippen MR) is 156 cm³/mol. The van der Waals surface area contributed by atoms with Gasteiger partial charge in [-0.3, -0.25) is 4.79 Å². The van der Waals surface area contributed by atoms with Crippen LogP contribution in [0.1, 0.15) is 11.1 Å². The normalized spacial score (nSPS) is 11.3. The van der Waals surface area contributed by atoms with Crippen LogP contribution in [0.15, 0.2) is 158 Å². The zero-order valence-corrected chi connectivity index (χ0v) is 20.8. The third-order valence-corrected chi connectivity index (χ3v) is 10.6. The second-order valence-electron chi connectivity index (χ2n) is 8.50. The van der Waals surface area contributed by atoms with Crippen molar-refractivity contribution in [2.45, 2.75) is 0 Å². The van der Waals surface area contributed by atoms with Crippen molar-refractivity contribution >= 4 is 40.0 Å². The van der Waals surface area contributed by atoms with E-state index in [0.717, 1.165) is 32.3 Å². The lowest BCUT2D eigenvalue weighted by Crippen LogP contribution is -2.33. The summed E-state index contributed by atoms with van der Waals surface area (Å²) in [5, 5.41) is 4.30. The molecule has 5 aromatic rings. The summed E-state index contributed by atoms with van der Waals surface area (Å²) in [7, 11) is 0. The second-order valence-corrected chi connectivity index (χ2v) is 11.8. The van der Waals surface area contributed by atoms with Crippen molar-refractivity contribution in [2.24, 2.45) is 0 Å². The van der Waals surface area contributed by atoms with Gasteiger partial charge in [0.25, 0.3) is 0 Å². The molecule has 0 aliphatic heterocycles. The highest BCUT2D eigenvalue weighted by molar-refractivity contribution is 7.96. The highest BCUT2D eigenvalue weighted by Gasteiger charge is 2.33. The molecule has 5 rings (SSSR count). The first-order valence-electron chi connectivity index (χ1n) is 12.1. The van der Waals surface area contributed by atoms with Gasteiger partial charge in [-0.1, -0.05) is 158 Å². The molecule has 0 aromatic heterocycles. The number of hydrogen-bond donors (Lipinski definition) is 0. The maximum Gasteiger partial charge on any atom is 0.187 e. The number of hydrogen-bond acceptors (Lipinski definition) is 1. The summed E-state index contributed by atoms with van der Waals surface area (Å²) in [4.78, 5) is 14.4. The number of carbonyl (C=O) groups excluding carboxylic acids is 1. The quantitative estimate of drug-likeness (QED) is 0.192. The molecule has 1 nitrogen and oxygen atoms in total. The van der Waals surface area contributed by atoms with Crippen molar-refractivity contribution in [3.8, 4) is 0 Å². The van der Waals surface area contributed by atoms with E-state index in [0.29, 0.717) is 0 Å². The van der Waals surface area contributed by atoms with E-state index in [2.05, 4.69) is 84.9 Å². The fraction of sp³-hybridized carbons (Fsp3) is 0. The molecule has 0 unspecified atom stereocenters. The van der Waals surface area contributed by atoms with Gasteiger partial charge in [-0.2, -0.15) is 0 Å². The second kappa shape index (κ2) is 11.0. The van der Waals surface area contributed by atoms with Gasteiger partial charge in [0.05, 0.1) is 0 Å². The van der Waals surface area contributed by atoms with Crippen molar-refractivity contribution in [1.29, 1.82) is 0 Å². The minimum Gasteiger partial charge on any atom is -0.289 e. The van der Waals surface area contributed by atoms with Crippen LogP contribution in [-0.2, 0) is 4.79 Å². The van der Waals surface area contributed by atoms with Crippen molar-refractivity contribution in [2.75, 3.05) is 0 Å². The van der Waals surface area contributed by atoms with Crippen molar-refractivity contribution in [1.82, 2.24) is 0 Å². The van der Waals surface area contributed by atoms with Gasteiger partial charge in [-0.25, -0.2) is 0 Å². The molecular formula is C34H27OP. The molecule has 5 aromatic carbocycles. The van der Waals surface area contributed by atoms with E-state index in [1.165, 1.54) is 0 Å². The molecule has 2 heteroatoms. The van der Waals surface area contributed by atoms with E-state index in [1.807, 2.05) is 72.8 Å². The summed E-state index contributed by atoms with van der Waals surface area (Å²) in [5.74, 6) is 0.0231. The maximum absolute atomic E-state index is 14.4. The Balaban J connectivity index is 1.94. The van der Waals surface area contributed by atoms with E-state index >= 15 is 0 Å². The van der Waals surface area contributed by atoms with Crippen LogP contribution in [0.4, 0.5) is 0 Å². The minimum absolute atomic E-state index is 0.0231. The van der Waals surface area contributed by atoms with E-state index in [4.69, 9.17) is 0 Å². The zero-order chi connectivity index (χ0) is 24.6. The van der Waals surface area contributed by atoms with Crippen LogP contribution in [-0.4, -0.2) is 11.1 Å². The first-order chi connectivity index (χ1) is 17.8. The van der Waals surface area contributed by atoms with E-state index in [-0.39, 0.29) is 5.78 Å². The zero-order valence-electron chi connectivity index (χ0n) is 19.9. The molecule has 0 bridgehead atoms. The van der Waals surface area contributed by atoms with Crippen LogP contribution in [0.3, 0.4) is 0 Å². The topological polar surface area (TPSA) is 17.1 Å². The van der Waals surface area contributed by atoms with Crippen LogP contribution in [0.25, 0.3) is 6.08 Å². The third-order valence-electron chi connectivity index (χ3n) is 6.27. The van der Waals surface area contributed by atoms with E-state index in [9.17, 15) is 4.79 Å². The minimum atomic E-state index is -2.55. The highest BCUT2D eigenvalue weighted by Crippen LogP contribution is 2.47. The predicted octanol–water partition coefficient (Wildman–Crippen LogP) is 6.48. The maximum atomic E-state index is 14.4. The Bertz CT molecular complexity index is 1400. The molecule has 0 amide bonds. The molecule has 0 aliphatic rings. The van der Waals surface area contributed by atoms with Crippen LogP contribution >= 0.6 is 6.89 Å². The number of rotatable bonds is 7. The summed E-state index contributed by atoms with van der Waals surface area (Å²) in [6, 6.07) is 51.7. The van der Waals surface area contributed by atoms with Gasteiger partial charge in [0.1, 0.15) is 0 Å². The lowest BCUT2D eigenvalue weighted by Gasteiger charge is -2.32. The first kappa shape index (κ1) is 23.5. The molecular weight excluding hydrogens is 455 g/mol. The monoisotopic (exact) mass is 482 g/mol. The Morgan fingerprint density at radius 2 is 0.833 bits per heavy atom. The standard InChI is InChI=1S/C34H27OP/c35-33(27-26-28-16-6-1-7-17-28)34(29-18-8-2-9-19-29)36(30-20-10-3-11-21-30,31-22-12-4-13-23-31)32-24-14-5-15-25-32/h1-27H/b27-26+. The van der Waals surface area contributed by atoms with Gasteiger partial charge in [-0.05, 0) is 40.0 Å². The van der Waals surface area contributed by atoms with Crippen LogP contribution in [0.2, 0.25) is 0 Å². The Morgan fingerprint density at radius 3 is 1.25 bits per heavy atom. The lowest BCUT2D eigenvalue weighted by atomic mass is 10.1. The van der Waals surface area contributed by atoms with E-state index in [1.54, 1.807) is 6.08 Å².